The van der Waals surface area contributed by atoms with Crippen molar-refractivity contribution in [2.24, 2.45) is 16.5 Å². The Bertz CT molecular complexity index is 384. The van der Waals surface area contributed by atoms with Gasteiger partial charge in [0.1, 0.15) is 0 Å². The maximum Gasteiger partial charge on any atom is 0.226 e. The van der Waals surface area contributed by atoms with Gasteiger partial charge in [0.15, 0.2) is 5.96 Å². The molecule has 0 atom stereocenters. The zero-order valence-electron chi connectivity index (χ0n) is 8.61. The van der Waals surface area contributed by atoms with E-state index in [2.05, 4.69) is 26.2 Å². The van der Waals surface area contributed by atoms with Crippen LogP contribution >= 0.6 is 15.9 Å². The van der Waals surface area contributed by atoms with Gasteiger partial charge in [-0.1, -0.05) is 15.9 Å². The average molecular weight is 285 g/mol. The van der Waals surface area contributed by atoms with Crippen molar-refractivity contribution in [2.75, 3.05) is 11.9 Å². The molecule has 0 saturated carbocycles. The Kier molecular flexibility index (Phi) is 4.78. The predicted octanol–water partition coefficient (Wildman–Crippen LogP) is 1.05. The minimum atomic E-state index is -0.118. The number of halogens is 1. The Hall–Kier alpha value is -1.56. The standard InChI is InChI=1S/C10H13BrN4O/c11-7-1-3-8(4-2-7)15-9(16)5-6-14-10(12)13/h1-4H,5-6H2,(H,15,16)(H4,12,13,14). The lowest BCUT2D eigenvalue weighted by Crippen LogP contribution is -2.23. The van der Waals surface area contributed by atoms with Gasteiger partial charge in [0, 0.05) is 16.6 Å². The zero-order chi connectivity index (χ0) is 12.0. The molecule has 0 aliphatic carbocycles. The summed E-state index contributed by atoms with van der Waals surface area (Å²) in [4.78, 5) is 15.1. The van der Waals surface area contributed by atoms with Crippen molar-refractivity contribution in [1.82, 2.24) is 0 Å². The van der Waals surface area contributed by atoms with E-state index in [1.807, 2.05) is 24.3 Å². The maximum absolute atomic E-state index is 11.4. The van der Waals surface area contributed by atoms with Gasteiger partial charge in [0.25, 0.3) is 0 Å². The molecule has 0 fully saturated rings. The molecule has 0 saturated heterocycles. The van der Waals surface area contributed by atoms with E-state index in [1.165, 1.54) is 0 Å². The van der Waals surface area contributed by atoms with E-state index in [4.69, 9.17) is 11.5 Å². The van der Waals surface area contributed by atoms with Gasteiger partial charge in [0.2, 0.25) is 5.91 Å². The van der Waals surface area contributed by atoms with Crippen LogP contribution in [-0.2, 0) is 4.79 Å². The molecule has 0 heterocycles. The summed E-state index contributed by atoms with van der Waals surface area (Å²) in [5.41, 5.74) is 11.0. The monoisotopic (exact) mass is 284 g/mol. The van der Waals surface area contributed by atoms with Crippen molar-refractivity contribution in [3.05, 3.63) is 28.7 Å². The summed E-state index contributed by atoms with van der Waals surface area (Å²) in [5.74, 6) is -0.122. The molecule has 0 aliphatic rings. The molecule has 16 heavy (non-hydrogen) atoms. The summed E-state index contributed by atoms with van der Waals surface area (Å²) in [6, 6.07) is 7.32. The number of anilines is 1. The summed E-state index contributed by atoms with van der Waals surface area (Å²) < 4.78 is 0.964. The van der Waals surface area contributed by atoms with Gasteiger partial charge in [-0.3, -0.25) is 9.79 Å². The third-order valence-electron chi connectivity index (χ3n) is 1.76. The summed E-state index contributed by atoms with van der Waals surface area (Å²) in [6.45, 7) is 0.296. The number of carbonyl (C=O) groups is 1. The lowest BCUT2D eigenvalue weighted by Gasteiger charge is -2.03. The third-order valence-corrected chi connectivity index (χ3v) is 2.29. The fourth-order valence-electron chi connectivity index (χ4n) is 1.04. The van der Waals surface area contributed by atoms with Gasteiger partial charge < -0.3 is 16.8 Å². The lowest BCUT2D eigenvalue weighted by molar-refractivity contribution is -0.116. The quantitative estimate of drug-likeness (QED) is 0.570. The minimum absolute atomic E-state index is 0.00329. The first-order valence-corrected chi connectivity index (χ1v) is 5.48. The molecule has 1 aromatic rings. The molecule has 6 heteroatoms. The largest absolute Gasteiger partial charge is 0.370 e. The number of nitrogens with one attached hydrogen (secondary N) is 1. The molecular weight excluding hydrogens is 272 g/mol. The molecule has 86 valence electrons. The second-order valence-electron chi connectivity index (χ2n) is 3.11. The van der Waals surface area contributed by atoms with Crippen LogP contribution in [0, 0.1) is 0 Å². The lowest BCUT2D eigenvalue weighted by atomic mass is 10.3. The van der Waals surface area contributed by atoms with Gasteiger partial charge in [0.05, 0.1) is 6.54 Å². The third kappa shape index (κ3) is 4.79. The van der Waals surface area contributed by atoms with Crippen LogP contribution in [0.3, 0.4) is 0 Å². The molecule has 1 amide bonds. The summed E-state index contributed by atoms with van der Waals surface area (Å²) >= 11 is 3.31. The van der Waals surface area contributed by atoms with Gasteiger partial charge >= 0.3 is 0 Å². The molecule has 1 rings (SSSR count). The Labute approximate surface area is 102 Å². The molecule has 1 aromatic carbocycles. The van der Waals surface area contributed by atoms with Gasteiger partial charge in [-0.2, -0.15) is 0 Å². The van der Waals surface area contributed by atoms with E-state index in [0.29, 0.717) is 6.54 Å². The fourth-order valence-corrected chi connectivity index (χ4v) is 1.31. The highest BCUT2D eigenvalue weighted by atomic mass is 79.9. The number of rotatable bonds is 4. The number of aliphatic imine (C=N–C) groups is 1. The first kappa shape index (κ1) is 12.5. The Morgan fingerprint density at radius 1 is 1.31 bits per heavy atom. The molecule has 0 bridgehead atoms. The topological polar surface area (TPSA) is 93.5 Å². The summed E-state index contributed by atoms with van der Waals surface area (Å²) in [6.07, 6.45) is 0.258. The van der Waals surface area contributed by atoms with E-state index < -0.39 is 0 Å². The van der Waals surface area contributed by atoms with Gasteiger partial charge in [-0.05, 0) is 24.3 Å². The van der Waals surface area contributed by atoms with Crippen LogP contribution in [0.1, 0.15) is 6.42 Å². The molecule has 0 aliphatic heterocycles. The second kappa shape index (κ2) is 6.12. The van der Waals surface area contributed by atoms with Crippen LogP contribution < -0.4 is 16.8 Å². The van der Waals surface area contributed by atoms with Crippen LogP contribution in [0.2, 0.25) is 0 Å². The smallest absolute Gasteiger partial charge is 0.226 e. The van der Waals surface area contributed by atoms with E-state index in [0.717, 1.165) is 10.2 Å². The number of guanidine groups is 1. The number of nitrogens with two attached hydrogens (primary N) is 2. The van der Waals surface area contributed by atoms with Crippen LogP contribution in [0.5, 0.6) is 0 Å². The number of amides is 1. The average Bonchev–Trinajstić information content (AvgIpc) is 2.21. The van der Waals surface area contributed by atoms with Crippen molar-refractivity contribution in [2.45, 2.75) is 6.42 Å². The highest BCUT2D eigenvalue weighted by Gasteiger charge is 2.01. The highest BCUT2D eigenvalue weighted by Crippen LogP contribution is 2.14. The van der Waals surface area contributed by atoms with E-state index >= 15 is 0 Å². The van der Waals surface area contributed by atoms with E-state index in [-0.39, 0.29) is 18.3 Å². The molecule has 0 spiro atoms. The summed E-state index contributed by atoms with van der Waals surface area (Å²) in [5, 5.41) is 2.73. The van der Waals surface area contributed by atoms with Gasteiger partial charge in [-0.25, -0.2) is 0 Å². The number of hydrogen-bond acceptors (Lipinski definition) is 2. The normalized spacial score (nSPS) is 9.56. The highest BCUT2D eigenvalue weighted by molar-refractivity contribution is 9.10. The number of carbonyl (C=O) groups excluding carboxylic acids is 1. The van der Waals surface area contributed by atoms with Crippen LogP contribution in [0.15, 0.2) is 33.7 Å². The van der Waals surface area contributed by atoms with Gasteiger partial charge in [-0.15, -0.1) is 0 Å². The molecule has 5 nitrogen and oxygen atoms in total. The van der Waals surface area contributed by atoms with Crippen LogP contribution in [-0.4, -0.2) is 18.4 Å². The molecule has 0 unspecified atom stereocenters. The SMILES string of the molecule is NC(N)=NCCC(=O)Nc1ccc(Br)cc1. The van der Waals surface area contributed by atoms with Crippen LogP contribution in [0.4, 0.5) is 5.69 Å². The molecular formula is C10H13BrN4O. The minimum Gasteiger partial charge on any atom is -0.370 e. The zero-order valence-corrected chi connectivity index (χ0v) is 10.2. The maximum atomic E-state index is 11.4. The summed E-state index contributed by atoms with van der Waals surface area (Å²) in [7, 11) is 0. The van der Waals surface area contributed by atoms with Crippen molar-refractivity contribution >= 4 is 33.5 Å². The number of benzene rings is 1. The molecule has 0 radical (unpaired) electrons. The van der Waals surface area contributed by atoms with Crippen molar-refractivity contribution in [3.8, 4) is 0 Å². The Morgan fingerprint density at radius 3 is 2.50 bits per heavy atom. The second-order valence-corrected chi connectivity index (χ2v) is 4.03. The van der Waals surface area contributed by atoms with Crippen molar-refractivity contribution in [3.63, 3.8) is 0 Å². The molecule has 5 N–H and O–H groups in total. The predicted molar refractivity (Wildman–Crippen MR) is 68.1 cm³/mol. The number of hydrogen-bond donors (Lipinski definition) is 3. The first-order valence-electron chi connectivity index (χ1n) is 4.69. The van der Waals surface area contributed by atoms with E-state index in [1.54, 1.807) is 0 Å². The van der Waals surface area contributed by atoms with Crippen LogP contribution in [0.25, 0.3) is 0 Å². The fraction of sp³-hybridized carbons (Fsp3) is 0.200. The number of nitrogens with zero attached hydrogens (tertiary/aromatic N) is 1. The van der Waals surface area contributed by atoms with E-state index in [9.17, 15) is 4.79 Å². The Balaban J connectivity index is 2.40. The Morgan fingerprint density at radius 2 is 1.94 bits per heavy atom. The first-order chi connectivity index (χ1) is 7.58. The van der Waals surface area contributed by atoms with Crippen molar-refractivity contribution < 1.29 is 4.79 Å². The molecule has 0 aromatic heterocycles. The van der Waals surface area contributed by atoms with Crippen molar-refractivity contribution in [1.29, 1.82) is 0 Å².